The first-order chi connectivity index (χ1) is 10.1. The summed E-state index contributed by atoms with van der Waals surface area (Å²) < 4.78 is 7.02. The van der Waals surface area contributed by atoms with Gasteiger partial charge < -0.3 is 15.2 Å². The highest BCUT2D eigenvalue weighted by atomic mass is 32.1. The largest absolute Gasteiger partial charge is 0.480 e. The highest BCUT2D eigenvalue weighted by Crippen LogP contribution is 2.21. The molecule has 2 aromatic heterocycles. The summed E-state index contributed by atoms with van der Waals surface area (Å²) in [6, 6.07) is 0. The first-order valence-electron chi connectivity index (χ1n) is 6.62. The van der Waals surface area contributed by atoms with E-state index in [0.29, 0.717) is 18.9 Å². The molecule has 3 rings (SSSR count). The van der Waals surface area contributed by atoms with E-state index in [1.165, 1.54) is 11.3 Å². The number of nitrogens with zero attached hydrogens (tertiary/aromatic N) is 2. The predicted octanol–water partition coefficient (Wildman–Crippen LogP) is 0.688. The number of aromatic nitrogens is 2. The zero-order valence-corrected chi connectivity index (χ0v) is 12.1. The van der Waals surface area contributed by atoms with Gasteiger partial charge in [0, 0.05) is 43.8 Å². The fraction of sp³-hybridized carbons (Fsp3) is 0.462. The molecule has 1 aliphatic heterocycles. The Morgan fingerprint density at radius 3 is 2.90 bits per heavy atom. The van der Waals surface area contributed by atoms with Crippen molar-refractivity contribution in [3.63, 3.8) is 0 Å². The number of rotatable bonds is 4. The topological polar surface area (TPSA) is 92.9 Å². The molecular formula is C13H15N3O4S. The number of aliphatic carboxylic acids is 1. The first kappa shape index (κ1) is 14.0. The van der Waals surface area contributed by atoms with E-state index < -0.39 is 11.5 Å². The number of nitrogens with one attached hydrogen (secondary N) is 1. The smallest absolute Gasteiger partial charge is 0.329 e. The minimum absolute atomic E-state index is 0.0737. The molecule has 1 fully saturated rings. The second kappa shape index (κ2) is 5.45. The summed E-state index contributed by atoms with van der Waals surface area (Å²) in [4.78, 5) is 28.7. The highest BCUT2D eigenvalue weighted by Gasteiger charge is 2.41. The summed E-state index contributed by atoms with van der Waals surface area (Å²) >= 11 is 1.48. The van der Waals surface area contributed by atoms with Crippen molar-refractivity contribution in [1.82, 2.24) is 14.7 Å². The molecule has 2 N–H and O–H groups in total. The third-order valence-corrected chi connectivity index (χ3v) is 4.39. The number of carbonyl (C=O) groups excluding carboxylic acids is 1. The van der Waals surface area contributed by atoms with E-state index >= 15 is 0 Å². The van der Waals surface area contributed by atoms with Crippen LogP contribution in [-0.4, -0.2) is 45.1 Å². The molecule has 1 saturated heterocycles. The van der Waals surface area contributed by atoms with Gasteiger partial charge in [-0.15, -0.1) is 11.3 Å². The molecule has 21 heavy (non-hydrogen) atoms. The van der Waals surface area contributed by atoms with Crippen LogP contribution in [0.3, 0.4) is 0 Å². The van der Waals surface area contributed by atoms with Crippen LogP contribution in [0, 0.1) is 0 Å². The molecule has 0 bridgehead atoms. The lowest BCUT2D eigenvalue weighted by molar-refractivity contribution is -0.152. The molecule has 7 nitrogen and oxygen atoms in total. The maximum atomic E-state index is 12.1. The zero-order valence-electron chi connectivity index (χ0n) is 11.2. The lowest BCUT2D eigenvalue weighted by atomic mass is 9.90. The van der Waals surface area contributed by atoms with Crippen LogP contribution in [0.5, 0.6) is 0 Å². The molecule has 0 unspecified atom stereocenters. The molecule has 112 valence electrons. The van der Waals surface area contributed by atoms with Gasteiger partial charge in [-0.2, -0.15) is 0 Å². The number of hydrogen-bond acceptors (Lipinski definition) is 5. The van der Waals surface area contributed by atoms with E-state index in [-0.39, 0.29) is 25.2 Å². The minimum Gasteiger partial charge on any atom is -0.480 e. The van der Waals surface area contributed by atoms with E-state index in [2.05, 4.69) is 10.3 Å². The fourth-order valence-corrected chi connectivity index (χ4v) is 3.17. The number of fused-ring (bicyclic) bond motifs is 1. The van der Waals surface area contributed by atoms with Gasteiger partial charge >= 0.3 is 5.97 Å². The summed E-state index contributed by atoms with van der Waals surface area (Å²) in [6.07, 6.45) is 4.29. The molecule has 0 radical (unpaired) electrons. The zero-order chi connectivity index (χ0) is 14.9. The number of carbonyl (C=O) groups is 2. The maximum Gasteiger partial charge on any atom is 0.329 e. The summed E-state index contributed by atoms with van der Waals surface area (Å²) in [6.45, 7) is 0.680. The first-order valence-corrected chi connectivity index (χ1v) is 7.50. The van der Waals surface area contributed by atoms with Gasteiger partial charge in [0.2, 0.25) is 5.91 Å². The average molecular weight is 309 g/mol. The van der Waals surface area contributed by atoms with Crippen LogP contribution >= 0.6 is 11.3 Å². The van der Waals surface area contributed by atoms with Crippen molar-refractivity contribution in [2.24, 2.45) is 0 Å². The molecule has 3 heterocycles. The van der Waals surface area contributed by atoms with Crippen molar-refractivity contribution < 1.29 is 19.4 Å². The van der Waals surface area contributed by atoms with Gasteiger partial charge in [0.15, 0.2) is 4.96 Å². The number of thiazole rings is 1. The minimum atomic E-state index is -1.22. The normalized spacial score (nSPS) is 17.7. The number of imidazole rings is 1. The SMILES string of the molecule is O=C(Cc1cn2ccsc2n1)NC1(C(=O)O)CCOCC1. The van der Waals surface area contributed by atoms with E-state index in [1.807, 2.05) is 16.0 Å². The van der Waals surface area contributed by atoms with Crippen molar-refractivity contribution in [2.75, 3.05) is 13.2 Å². The van der Waals surface area contributed by atoms with Crippen LogP contribution in [0.25, 0.3) is 4.96 Å². The third-order valence-electron chi connectivity index (χ3n) is 3.62. The van der Waals surface area contributed by atoms with E-state index in [0.717, 1.165) is 4.96 Å². The molecule has 0 atom stereocenters. The molecule has 8 heteroatoms. The summed E-state index contributed by atoms with van der Waals surface area (Å²) in [5.74, 6) is -1.34. The summed E-state index contributed by atoms with van der Waals surface area (Å²) in [5, 5.41) is 14.0. The van der Waals surface area contributed by atoms with Crippen LogP contribution in [-0.2, 0) is 20.7 Å². The Hall–Kier alpha value is -1.93. The van der Waals surface area contributed by atoms with E-state index in [9.17, 15) is 14.7 Å². The maximum absolute atomic E-state index is 12.1. The van der Waals surface area contributed by atoms with Gasteiger partial charge in [0.05, 0.1) is 12.1 Å². The molecule has 0 spiro atoms. The van der Waals surface area contributed by atoms with Gasteiger partial charge in [0.1, 0.15) is 5.54 Å². The van der Waals surface area contributed by atoms with Crippen molar-refractivity contribution in [3.8, 4) is 0 Å². The molecule has 1 amide bonds. The monoisotopic (exact) mass is 309 g/mol. The molecule has 2 aromatic rings. The van der Waals surface area contributed by atoms with E-state index in [1.54, 1.807) is 6.20 Å². The molecule has 1 aliphatic rings. The lowest BCUT2D eigenvalue weighted by Crippen LogP contribution is -2.57. The quantitative estimate of drug-likeness (QED) is 0.867. The Balaban J connectivity index is 1.69. The van der Waals surface area contributed by atoms with Gasteiger partial charge in [-0.05, 0) is 0 Å². The lowest BCUT2D eigenvalue weighted by Gasteiger charge is -2.33. The number of carboxylic acids is 1. The second-order valence-corrected chi connectivity index (χ2v) is 5.92. The Bertz CT molecular complexity index is 643. The van der Waals surface area contributed by atoms with Gasteiger partial charge in [-0.25, -0.2) is 9.78 Å². The summed E-state index contributed by atoms with van der Waals surface area (Å²) in [7, 11) is 0. The highest BCUT2D eigenvalue weighted by molar-refractivity contribution is 7.15. The van der Waals surface area contributed by atoms with Crippen molar-refractivity contribution in [1.29, 1.82) is 0 Å². The second-order valence-electron chi connectivity index (χ2n) is 5.05. The van der Waals surface area contributed by atoms with Gasteiger partial charge in [-0.1, -0.05) is 0 Å². The standard InChI is InChI=1S/C13H15N3O4S/c17-10(7-9-8-16-3-6-21-12(16)14-9)15-13(11(18)19)1-4-20-5-2-13/h3,6,8H,1-2,4-5,7H2,(H,15,17)(H,18,19). The Morgan fingerprint density at radius 1 is 1.48 bits per heavy atom. The van der Waals surface area contributed by atoms with Crippen LogP contribution < -0.4 is 5.32 Å². The Kier molecular flexibility index (Phi) is 3.64. The number of hydrogen-bond donors (Lipinski definition) is 2. The fourth-order valence-electron chi connectivity index (χ4n) is 2.45. The van der Waals surface area contributed by atoms with Gasteiger partial charge in [0.25, 0.3) is 0 Å². The van der Waals surface area contributed by atoms with Crippen molar-refractivity contribution in [3.05, 3.63) is 23.5 Å². The number of ether oxygens (including phenoxy) is 1. The molecule has 0 aromatic carbocycles. The molecule has 0 saturated carbocycles. The Morgan fingerprint density at radius 2 is 2.24 bits per heavy atom. The molecule has 0 aliphatic carbocycles. The van der Waals surface area contributed by atoms with Crippen LogP contribution in [0.4, 0.5) is 0 Å². The van der Waals surface area contributed by atoms with Gasteiger partial charge in [-0.3, -0.25) is 9.20 Å². The van der Waals surface area contributed by atoms with Crippen LogP contribution in [0.2, 0.25) is 0 Å². The van der Waals surface area contributed by atoms with Crippen molar-refractivity contribution >= 4 is 28.2 Å². The number of amides is 1. The average Bonchev–Trinajstić information content (AvgIpc) is 3.00. The summed E-state index contributed by atoms with van der Waals surface area (Å²) in [5.41, 5.74) is -0.584. The Labute approximate surface area is 124 Å². The van der Waals surface area contributed by atoms with Crippen LogP contribution in [0.1, 0.15) is 18.5 Å². The van der Waals surface area contributed by atoms with Crippen molar-refractivity contribution in [2.45, 2.75) is 24.8 Å². The molecular weight excluding hydrogens is 294 g/mol. The van der Waals surface area contributed by atoms with Crippen LogP contribution in [0.15, 0.2) is 17.8 Å². The third kappa shape index (κ3) is 2.77. The number of carboxylic acid groups (broad SMARTS) is 1. The predicted molar refractivity (Wildman–Crippen MR) is 75.3 cm³/mol. The van der Waals surface area contributed by atoms with E-state index in [4.69, 9.17) is 4.74 Å².